The van der Waals surface area contributed by atoms with Crippen molar-refractivity contribution in [3.05, 3.63) is 73.9 Å². The number of rotatable bonds is 6. The number of hydrogen-bond donors (Lipinski definition) is 0. The normalized spacial score (nSPS) is 10.8. The van der Waals surface area contributed by atoms with Gasteiger partial charge in [0, 0.05) is 16.4 Å². The van der Waals surface area contributed by atoms with Gasteiger partial charge in [-0.25, -0.2) is 4.98 Å². The molecule has 0 aliphatic rings. The molecule has 1 aromatic carbocycles. The molecule has 0 radical (unpaired) electrons. The topological polar surface area (TPSA) is 55.2 Å². The van der Waals surface area contributed by atoms with Crippen LogP contribution in [0.1, 0.15) is 4.88 Å². The monoisotopic (exact) mass is 407 g/mol. The molecule has 2 heterocycles. The van der Waals surface area contributed by atoms with Crippen LogP contribution < -0.4 is 5.56 Å². The van der Waals surface area contributed by atoms with Crippen molar-refractivity contribution in [2.24, 2.45) is 0 Å². The van der Waals surface area contributed by atoms with Gasteiger partial charge in [0.2, 0.25) is 5.91 Å². The largest absolute Gasteiger partial charge is 0.332 e. The first kappa shape index (κ1) is 18.6. The minimum Gasteiger partial charge on any atom is -0.332 e. The van der Waals surface area contributed by atoms with E-state index < -0.39 is 0 Å². The summed E-state index contributed by atoms with van der Waals surface area (Å²) in [6, 6.07) is 6.93. The number of thiophene rings is 1. The molecule has 8 heteroatoms. The molecule has 134 valence electrons. The molecule has 3 rings (SSSR count). The van der Waals surface area contributed by atoms with Gasteiger partial charge in [0.05, 0.1) is 28.8 Å². The highest BCUT2D eigenvalue weighted by Gasteiger charge is 2.16. The van der Waals surface area contributed by atoms with Crippen molar-refractivity contribution in [2.45, 2.75) is 13.1 Å². The van der Waals surface area contributed by atoms with Gasteiger partial charge in [0.1, 0.15) is 6.54 Å². The standard InChI is InChI=1S/C18H15Cl2N3O2S/c1-2-5-22(9-13-4-3-6-26-13)16(24)10-23-11-21-17-14(18(23)25)7-12(19)8-15(17)20/h2-4,6-8,11H,1,5,9-10H2. The Morgan fingerprint density at radius 3 is 2.88 bits per heavy atom. The second-order valence-electron chi connectivity index (χ2n) is 5.60. The van der Waals surface area contributed by atoms with E-state index in [0.717, 1.165) is 4.88 Å². The predicted octanol–water partition coefficient (Wildman–Crippen LogP) is 3.98. The molecule has 0 saturated carbocycles. The zero-order valence-electron chi connectivity index (χ0n) is 13.7. The average molecular weight is 408 g/mol. The summed E-state index contributed by atoms with van der Waals surface area (Å²) in [5, 5.41) is 2.88. The zero-order valence-corrected chi connectivity index (χ0v) is 16.0. The minimum atomic E-state index is -0.359. The Kier molecular flexibility index (Phi) is 5.76. The van der Waals surface area contributed by atoms with Crippen molar-refractivity contribution >= 4 is 51.3 Å². The number of nitrogens with zero attached hydrogens (tertiary/aromatic N) is 3. The van der Waals surface area contributed by atoms with E-state index in [1.165, 1.54) is 23.0 Å². The molecule has 0 N–H and O–H groups in total. The van der Waals surface area contributed by atoms with Crippen LogP contribution in [0.15, 0.2) is 53.4 Å². The van der Waals surface area contributed by atoms with Gasteiger partial charge in [-0.2, -0.15) is 0 Å². The lowest BCUT2D eigenvalue weighted by Gasteiger charge is -2.21. The zero-order chi connectivity index (χ0) is 18.7. The van der Waals surface area contributed by atoms with Crippen LogP contribution in [0.5, 0.6) is 0 Å². The Bertz CT molecular complexity index is 1020. The van der Waals surface area contributed by atoms with E-state index in [1.54, 1.807) is 22.3 Å². The lowest BCUT2D eigenvalue weighted by Crippen LogP contribution is -2.36. The molecular formula is C18H15Cl2N3O2S. The summed E-state index contributed by atoms with van der Waals surface area (Å²) < 4.78 is 1.27. The lowest BCUT2D eigenvalue weighted by atomic mass is 10.2. The second-order valence-corrected chi connectivity index (χ2v) is 7.48. The fourth-order valence-electron chi connectivity index (χ4n) is 2.55. The molecule has 0 spiro atoms. The van der Waals surface area contributed by atoms with Gasteiger partial charge in [-0.1, -0.05) is 35.3 Å². The van der Waals surface area contributed by atoms with Crippen molar-refractivity contribution in [3.8, 4) is 0 Å². The average Bonchev–Trinajstić information content (AvgIpc) is 3.10. The van der Waals surface area contributed by atoms with Crippen molar-refractivity contribution in [3.63, 3.8) is 0 Å². The maximum absolute atomic E-state index is 12.7. The highest BCUT2D eigenvalue weighted by Crippen LogP contribution is 2.24. The van der Waals surface area contributed by atoms with Crippen molar-refractivity contribution in [1.29, 1.82) is 0 Å². The first-order chi connectivity index (χ1) is 12.5. The number of amides is 1. The van der Waals surface area contributed by atoms with Gasteiger partial charge >= 0.3 is 0 Å². The molecule has 0 aliphatic carbocycles. The van der Waals surface area contributed by atoms with Gasteiger partial charge in [0.15, 0.2) is 0 Å². The van der Waals surface area contributed by atoms with E-state index in [0.29, 0.717) is 28.7 Å². The molecule has 1 amide bonds. The molecule has 26 heavy (non-hydrogen) atoms. The second kappa shape index (κ2) is 8.03. The van der Waals surface area contributed by atoms with Gasteiger partial charge in [-0.3, -0.25) is 14.2 Å². The van der Waals surface area contributed by atoms with Crippen LogP contribution in [0.25, 0.3) is 10.9 Å². The van der Waals surface area contributed by atoms with Crippen LogP contribution in [0.3, 0.4) is 0 Å². The fourth-order valence-corrected chi connectivity index (χ4v) is 3.82. The maximum Gasteiger partial charge on any atom is 0.261 e. The lowest BCUT2D eigenvalue weighted by molar-refractivity contribution is -0.131. The Morgan fingerprint density at radius 2 is 2.19 bits per heavy atom. The quantitative estimate of drug-likeness (QED) is 0.580. The summed E-state index contributed by atoms with van der Waals surface area (Å²) in [7, 11) is 0. The summed E-state index contributed by atoms with van der Waals surface area (Å²) in [5.74, 6) is -0.199. The van der Waals surface area contributed by atoms with Crippen molar-refractivity contribution < 1.29 is 4.79 Å². The summed E-state index contributed by atoms with van der Waals surface area (Å²) in [4.78, 5) is 32.3. The molecular weight excluding hydrogens is 393 g/mol. The number of aromatic nitrogens is 2. The molecule has 5 nitrogen and oxygen atoms in total. The maximum atomic E-state index is 12.7. The van der Waals surface area contributed by atoms with E-state index in [1.807, 2.05) is 17.5 Å². The molecule has 0 aliphatic heterocycles. The number of hydrogen-bond acceptors (Lipinski definition) is 4. The van der Waals surface area contributed by atoms with E-state index in [2.05, 4.69) is 11.6 Å². The number of fused-ring (bicyclic) bond motifs is 1. The third-order valence-corrected chi connectivity index (χ3v) is 5.15. The highest BCUT2D eigenvalue weighted by molar-refractivity contribution is 7.09. The number of carbonyl (C=O) groups is 1. The van der Waals surface area contributed by atoms with Gasteiger partial charge in [0.25, 0.3) is 5.56 Å². The molecule has 2 aromatic heterocycles. The van der Waals surface area contributed by atoms with Crippen molar-refractivity contribution in [2.75, 3.05) is 6.54 Å². The smallest absolute Gasteiger partial charge is 0.261 e. The van der Waals surface area contributed by atoms with E-state index >= 15 is 0 Å². The van der Waals surface area contributed by atoms with Gasteiger partial charge in [-0.05, 0) is 23.6 Å². The van der Waals surface area contributed by atoms with E-state index in [4.69, 9.17) is 23.2 Å². The summed E-state index contributed by atoms with van der Waals surface area (Å²) in [5.41, 5.74) is 0.00808. The van der Waals surface area contributed by atoms with E-state index in [9.17, 15) is 9.59 Å². The van der Waals surface area contributed by atoms with E-state index in [-0.39, 0.29) is 23.4 Å². The number of halogens is 2. The van der Waals surface area contributed by atoms with Gasteiger partial charge in [-0.15, -0.1) is 17.9 Å². The molecule has 0 fully saturated rings. The van der Waals surface area contributed by atoms with Crippen LogP contribution in [0, 0.1) is 0 Å². The Hall–Kier alpha value is -2.15. The Balaban J connectivity index is 1.89. The fraction of sp³-hybridized carbons (Fsp3) is 0.167. The molecule has 0 bridgehead atoms. The Labute approximate surface area is 164 Å². The predicted molar refractivity (Wildman–Crippen MR) is 106 cm³/mol. The van der Waals surface area contributed by atoms with Crippen LogP contribution in [-0.2, 0) is 17.9 Å². The Morgan fingerprint density at radius 1 is 1.38 bits per heavy atom. The molecule has 0 unspecified atom stereocenters. The minimum absolute atomic E-state index is 0.120. The molecule has 0 atom stereocenters. The molecule has 3 aromatic rings. The first-order valence-corrected chi connectivity index (χ1v) is 9.38. The highest BCUT2D eigenvalue weighted by atomic mass is 35.5. The summed E-state index contributed by atoms with van der Waals surface area (Å²) in [6.45, 7) is 4.44. The third-order valence-electron chi connectivity index (χ3n) is 3.78. The number of benzene rings is 1. The summed E-state index contributed by atoms with van der Waals surface area (Å²) >= 11 is 13.6. The van der Waals surface area contributed by atoms with Crippen LogP contribution >= 0.6 is 34.5 Å². The SMILES string of the molecule is C=CCN(Cc1cccs1)C(=O)Cn1cnc2c(Cl)cc(Cl)cc2c1=O. The summed E-state index contributed by atoms with van der Waals surface area (Å²) in [6.07, 6.45) is 2.99. The number of carbonyl (C=O) groups excluding carboxylic acids is 1. The third kappa shape index (κ3) is 3.98. The van der Waals surface area contributed by atoms with Crippen LogP contribution in [-0.4, -0.2) is 26.9 Å². The first-order valence-electron chi connectivity index (χ1n) is 7.75. The van der Waals surface area contributed by atoms with Crippen LogP contribution in [0.4, 0.5) is 0 Å². The van der Waals surface area contributed by atoms with Crippen LogP contribution in [0.2, 0.25) is 10.0 Å². The van der Waals surface area contributed by atoms with Crippen molar-refractivity contribution in [1.82, 2.24) is 14.5 Å². The molecule has 0 saturated heterocycles. The van der Waals surface area contributed by atoms with Gasteiger partial charge < -0.3 is 4.90 Å².